The first-order valence-electron chi connectivity index (χ1n) is 7.34. The van der Waals surface area contributed by atoms with Crippen molar-refractivity contribution in [3.8, 4) is 0 Å². The van der Waals surface area contributed by atoms with Crippen molar-refractivity contribution in [3.63, 3.8) is 0 Å². The Balaban J connectivity index is 0. The Morgan fingerprint density at radius 2 is 1.74 bits per heavy atom. The SMILES string of the molecule is CC(CCC(C)(C)C)NC(=O)CCCCCCN.Cl. The van der Waals surface area contributed by atoms with E-state index >= 15 is 0 Å². The Kier molecular flexibility index (Phi) is 12.8. The molecule has 3 nitrogen and oxygen atoms in total. The van der Waals surface area contributed by atoms with Gasteiger partial charge in [0.1, 0.15) is 0 Å². The van der Waals surface area contributed by atoms with Crippen molar-refractivity contribution in [1.82, 2.24) is 5.32 Å². The van der Waals surface area contributed by atoms with Crippen LogP contribution < -0.4 is 11.1 Å². The standard InChI is InChI=1S/C15H32N2O.ClH/c1-13(10-11-15(2,3)4)17-14(18)9-7-5-6-8-12-16;/h13H,5-12,16H2,1-4H3,(H,17,18);1H. The number of halogens is 1. The molecule has 116 valence electrons. The van der Waals surface area contributed by atoms with Crippen molar-refractivity contribution in [3.05, 3.63) is 0 Å². The maximum Gasteiger partial charge on any atom is 0.220 e. The van der Waals surface area contributed by atoms with E-state index in [4.69, 9.17) is 5.73 Å². The average Bonchev–Trinajstić information content (AvgIpc) is 2.25. The second-order valence-corrected chi connectivity index (χ2v) is 6.52. The second-order valence-electron chi connectivity index (χ2n) is 6.52. The summed E-state index contributed by atoms with van der Waals surface area (Å²) in [4.78, 5) is 11.7. The minimum Gasteiger partial charge on any atom is -0.354 e. The fraction of sp³-hybridized carbons (Fsp3) is 0.933. The van der Waals surface area contributed by atoms with Gasteiger partial charge in [-0.25, -0.2) is 0 Å². The van der Waals surface area contributed by atoms with Gasteiger partial charge in [-0.1, -0.05) is 33.6 Å². The van der Waals surface area contributed by atoms with Crippen LogP contribution >= 0.6 is 12.4 Å². The van der Waals surface area contributed by atoms with Gasteiger partial charge in [0.2, 0.25) is 5.91 Å². The Morgan fingerprint density at radius 3 is 2.26 bits per heavy atom. The zero-order chi connectivity index (χ0) is 14.0. The summed E-state index contributed by atoms with van der Waals surface area (Å²) in [6.45, 7) is 9.56. The fourth-order valence-electron chi connectivity index (χ4n) is 1.85. The maximum absolute atomic E-state index is 11.7. The number of carbonyl (C=O) groups excluding carboxylic acids is 1. The van der Waals surface area contributed by atoms with Crippen LogP contribution in [0.3, 0.4) is 0 Å². The molecule has 0 aromatic carbocycles. The van der Waals surface area contributed by atoms with Crippen molar-refractivity contribution in [2.75, 3.05) is 6.54 Å². The third-order valence-corrected chi connectivity index (χ3v) is 3.09. The van der Waals surface area contributed by atoms with Gasteiger partial charge in [-0.15, -0.1) is 12.4 Å². The minimum absolute atomic E-state index is 0. The molecule has 0 aliphatic heterocycles. The van der Waals surface area contributed by atoms with Gasteiger partial charge in [-0.05, 0) is 44.6 Å². The summed E-state index contributed by atoms with van der Waals surface area (Å²) in [7, 11) is 0. The van der Waals surface area contributed by atoms with E-state index in [-0.39, 0.29) is 18.3 Å². The summed E-state index contributed by atoms with van der Waals surface area (Å²) in [6.07, 6.45) is 7.17. The molecular weight excluding hydrogens is 260 g/mol. The molecule has 4 heteroatoms. The van der Waals surface area contributed by atoms with Crippen molar-refractivity contribution in [2.45, 2.75) is 78.7 Å². The van der Waals surface area contributed by atoms with Crippen LogP contribution in [-0.4, -0.2) is 18.5 Å². The first-order chi connectivity index (χ1) is 8.35. The number of carbonyl (C=O) groups is 1. The molecule has 1 amide bonds. The molecule has 0 fully saturated rings. The highest BCUT2D eigenvalue weighted by molar-refractivity contribution is 5.85. The predicted octanol–water partition coefficient (Wildman–Crippen LogP) is 3.65. The topological polar surface area (TPSA) is 55.1 Å². The number of amides is 1. The molecular formula is C15H33ClN2O. The first kappa shape index (κ1) is 21.0. The zero-order valence-electron chi connectivity index (χ0n) is 13.1. The quantitative estimate of drug-likeness (QED) is 0.637. The van der Waals surface area contributed by atoms with E-state index in [1.807, 2.05) is 0 Å². The third kappa shape index (κ3) is 15.7. The van der Waals surface area contributed by atoms with Gasteiger partial charge in [0.25, 0.3) is 0 Å². The van der Waals surface area contributed by atoms with E-state index in [1.54, 1.807) is 0 Å². The first-order valence-corrected chi connectivity index (χ1v) is 7.34. The lowest BCUT2D eigenvalue weighted by Crippen LogP contribution is -2.33. The molecule has 19 heavy (non-hydrogen) atoms. The zero-order valence-corrected chi connectivity index (χ0v) is 13.9. The molecule has 0 aromatic rings. The average molecular weight is 293 g/mol. The smallest absolute Gasteiger partial charge is 0.220 e. The lowest BCUT2D eigenvalue weighted by Gasteiger charge is -2.21. The highest BCUT2D eigenvalue weighted by Gasteiger charge is 2.13. The van der Waals surface area contributed by atoms with E-state index in [0.717, 1.165) is 45.1 Å². The van der Waals surface area contributed by atoms with Crippen LogP contribution in [0.25, 0.3) is 0 Å². The summed E-state index contributed by atoms with van der Waals surface area (Å²) in [5.41, 5.74) is 5.77. The fourth-order valence-corrected chi connectivity index (χ4v) is 1.85. The molecule has 0 aliphatic carbocycles. The molecule has 3 N–H and O–H groups in total. The monoisotopic (exact) mass is 292 g/mol. The Labute approximate surface area is 125 Å². The Hall–Kier alpha value is -0.280. The van der Waals surface area contributed by atoms with Crippen LogP contribution in [0.1, 0.15) is 72.6 Å². The number of hydrogen-bond donors (Lipinski definition) is 2. The van der Waals surface area contributed by atoms with Gasteiger partial charge in [-0.3, -0.25) is 4.79 Å². The van der Waals surface area contributed by atoms with E-state index in [9.17, 15) is 4.79 Å². The Bertz CT molecular complexity index is 227. The highest BCUT2D eigenvalue weighted by atomic mass is 35.5. The molecule has 0 radical (unpaired) electrons. The third-order valence-electron chi connectivity index (χ3n) is 3.09. The summed E-state index contributed by atoms with van der Waals surface area (Å²) in [5.74, 6) is 0.198. The maximum atomic E-state index is 11.7. The normalized spacial score (nSPS) is 12.7. The molecule has 0 saturated carbocycles. The van der Waals surface area contributed by atoms with Gasteiger partial charge >= 0.3 is 0 Å². The summed E-state index contributed by atoms with van der Waals surface area (Å²) >= 11 is 0. The van der Waals surface area contributed by atoms with Crippen LogP contribution in [-0.2, 0) is 4.79 Å². The lowest BCUT2D eigenvalue weighted by atomic mass is 9.89. The number of hydrogen-bond acceptors (Lipinski definition) is 2. The lowest BCUT2D eigenvalue weighted by molar-refractivity contribution is -0.121. The van der Waals surface area contributed by atoms with Crippen LogP contribution in [0.5, 0.6) is 0 Å². The van der Waals surface area contributed by atoms with Gasteiger partial charge < -0.3 is 11.1 Å². The number of nitrogens with two attached hydrogens (primary N) is 1. The molecule has 0 spiro atoms. The van der Waals surface area contributed by atoms with Crippen LogP contribution in [0.4, 0.5) is 0 Å². The van der Waals surface area contributed by atoms with Crippen molar-refractivity contribution < 1.29 is 4.79 Å². The highest BCUT2D eigenvalue weighted by Crippen LogP contribution is 2.21. The summed E-state index contributed by atoms with van der Waals surface area (Å²) in [5, 5.41) is 3.08. The minimum atomic E-state index is 0. The van der Waals surface area contributed by atoms with Crippen LogP contribution in [0.2, 0.25) is 0 Å². The predicted molar refractivity (Wildman–Crippen MR) is 85.7 cm³/mol. The van der Waals surface area contributed by atoms with Gasteiger partial charge in [0.15, 0.2) is 0 Å². The van der Waals surface area contributed by atoms with Gasteiger partial charge in [0, 0.05) is 12.5 Å². The summed E-state index contributed by atoms with van der Waals surface area (Å²) < 4.78 is 0. The van der Waals surface area contributed by atoms with E-state index in [0.29, 0.717) is 17.9 Å². The van der Waals surface area contributed by atoms with Gasteiger partial charge in [-0.2, -0.15) is 0 Å². The Morgan fingerprint density at radius 1 is 1.16 bits per heavy atom. The van der Waals surface area contributed by atoms with Gasteiger partial charge in [0.05, 0.1) is 0 Å². The largest absolute Gasteiger partial charge is 0.354 e. The van der Waals surface area contributed by atoms with Crippen molar-refractivity contribution in [2.24, 2.45) is 11.1 Å². The van der Waals surface area contributed by atoms with Crippen molar-refractivity contribution >= 4 is 18.3 Å². The molecule has 1 unspecified atom stereocenters. The number of rotatable bonds is 9. The van der Waals surface area contributed by atoms with E-state index < -0.39 is 0 Å². The van der Waals surface area contributed by atoms with Crippen LogP contribution in [0.15, 0.2) is 0 Å². The molecule has 0 aliphatic rings. The van der Waals surface area contributed by atoms with E-state index in [2.05, 4.69) is 33.0 Å². The molecule has 0 saturated heterocycles. The molecule has 0 heterocycles. The molecule has 0 rings (SSSR count). The second kappa shape index (κ2) is 11.5. The van der Waals surface area contributed by atoms with Crippen LogP contribution in [0, 0.1) is 5.41 Å². The van der Waals surface area contributed by atoms with Crippen molar-refractivity contribution in [1.29, 1.82) is 0 Å². The summed E-state index contributed by atoms with van der Waals surface area (Å²) in [6, 6.07) is 0.292. The molecule has 1 atom stereocenters. The number of nitrogens with one attached hydrogen (secondary N) is 1. The molecule has 0 bridgehead atoms. The van der Waals surface area contributed by atoms with E-state index in [1.165, 1.54) is 0 Å². The number of unbranched alkanes of at least 4 members (excludes halogenated alkanes) is 3. The molecule has 0 aromatic heterocycles.